The normalized spacial score (nSPS) is 15.7. The molecular formula is C16H21N5OS. The molecule has 23 heavy (non-hydrogen) atoms. The highest BCUT2D eigenvalue weighted by atomic mass is 32.2. The topological polar surface area (TPSA) is 72.7 Å². The molecule has 0 radical (unpaired) electrons. The number of anilines is 1. The third-order valence-electron chi connectivity index (χ3n) is 3.85. The Morgan fingerprint density at radius 2 is 2.04 bits per heavy atom. The monoisotopic (exact) mass is 331 g/mol. The number of para-hydroxylation sites is 1. The Kier molecular flexibility index (Phi) is 4.66. The van der Waals surface area contributed by atoms with E-state index in [4.69, 9.17) is 0 Å². The first-order valence-electron chi connectivity index (χ1n) is 7.90. The van der Waals surface area contributed by atoms with Crippen molar-refractivity contribution in [2.45, 2.75) is 56.0 Å². The van der Waals surface area contributed by atoms with Gasteiger partial charge in [0, 0.05) is 5.69 Å². The van der Waals surface area contributed by atoms with Gasteiger partial charge in [0.1, 0.15) is 0 Å². The van der Waals surface area contributed by atoms with Gasteiger partial charge in [0.05, 0.1) is 11.3 Å². The first kappa shape index (κ1) is 16.0. The molecule has 1 aliphatic rings. The summed E-state index contributed by atoms with van der Waals surface area (Å²) in [5, 5.41) is 15.3. The number of amides is 1. The zero-order valence-electron chi connectivity index (χ0n) is 13.6. The summed E-state index contributed by atoms with van der Waals surface area (Å²) in [4.78, 5) is 12.5. The molecule has 0 aliphatic heterocycles. The minimum atomic E-state index is -0.265. The minimum Gasteiger partial charge on any atom is -0.325 e. The van der Waals surface area contributed by atoms with E-state index in [2.05, 4.69) is 34.7 Å². The second-order valence-corrected chi connectivity index (χ2v) is 7.44. The van der Waals surface area contributed by atoms with Crippen LogP contribution < -0.4 is 5.32 Å². The first-order valence-corrected chi connectivity index (χ1v) is 8.78. The van der Waals surface area contributed by atoms with Crippen LogP contribution in [0, 0.1) is 0 Å². The third-order valence-corrected chi connectivity index (χ3v) is 4.89. The summed E-state index contributed by atoms with van der Waals surface area (Å²) in [6.45, 7) is 6.11. The maximum Gasteiger partial charge on any atom is 0.237 e. The molecule has 1 aromatic heterocycles. The molecule has 7 heteroatoms. The Balaban J connectivity index is 1.67. The van der Waals surface area contributed by atoms with Crippen LogP contribution in [-0.4, -0.2) is 31.4 Å². The second kappa shape index (κ2) is 6.70. The fraction of sp³-hybridized carbons (Fsp3) is 0.500. The van der Waals surface area contributed by atoms with Crippen LogP contribution in [-0.2, 0) is 4.79 Å². The van der Waals surface area contributed by atoms with E-state index in [1.54, 1.807) is 0 Å². The van der Waals surface area contributed by atoms with E-state index in [1.165, 1.54) is 11.8 Å². The molecule has 1 atom stereocenters. The number of carbonyl (C=O) groups is 1. The molecule has 1 fully saturated rings. The van der Waals surface area contributed by atoms with Crippen LogP contribution in [0.5, 0.6) is 0 Å². The van der Waals surface area contributed by atoms with E-state index in [-0.39, 0.29) is 11.2 Å². The van der Waals surface area contributed by atoms with E-state index >= 15 is 0 Å². The number of nitrogens with one attached hydrogen (secondary N) is 1. The number of nitrogens with zero attached hydrogens (tertiary/aromatic N) is 4. The molecule has 0 unspecified atom stereocenters. The number of rotatable bonds is 6. The van der Waals surface area contributed by atoms with Crippen molar-refractivity contribution in [3.05, 3.63) is 29.8 Å². The van der Waals surface area contributed by atoms with E-state index < -0.39 is 0 Å². The average molecular weight is 331 g/mol. The van der Waals surface area contributed by atoms with Crippen LogP contribution in [0.3, 0.4) is 0 Å². The highest BCUT2D eigenvalue weighted by molar-refractivity contribution is 8.00. The van der Waals surface area contributed by atoms with Crippen molar-refractivity contribution in [1.82, 2.24) is 20.2 Å². The van der Waals surface area contributed by atoms with Gasteiger partial charge in [-0.2, -0.15) is 0 Å². The number of thioether (sulfide) groups is 1. The molecule has 1 heterocycles. The SMILES string of the molecule is CC(C)c1ccccc1NC(=O)[C@H](C)Sc1nnnn1C1CC1. The van der Waals surface area contributed by atoms with Crippen LogP contribution in [0.2, 0.25) is 0 Å². The zero-order chi connectivity index (χ0) is 16.4. The Morgan fingerprint density at radius 3 is 2.74 bits per heavy atom. The Labute approximate surface area is 140 Å². The van der Waals surface area contributed by atoms with Crippen molar-refractivity contribution < 1.29 is 4.79 Å². The number of aromatic nitrogens is 4. The largest absolute Gasteiger partial charge is 0.325 e. The van der Waals surface area contributed by atoms with Crippen molar-refractivity contribution in [3.8, 4) is 0 Å². The third kappa shape index (κ3) is 3.72. The fourth-order valence-electron chi connectivity index (χ4n) is 2.37. The molecule has 1 aromatic carbocycles. The van der Waals surface area contributed by atoms with Gasteiger partial charge in [-0.3, -0.25) is 4.79 Å². The van der Waals surface area contributed by atoms with Gasteiger partial charge in [-0.05, 0) is 47.7 Å². The molecule has 0 spiro atoms. The molecule has 122 valence electrons. The maximum atomic E-state index is 12.5. The molecule has 0 saturated heterocycles. The van der Waals surface area contributed by atoms with Crippen LogP contribution in [0.4, 0.5) is 5.69 Å². The second-order valence-electron chi connectivity index (χ2n) is 6.13. The van der Waals surface area contributed by atoms with Crippen molar-refractivity contribution >= 4 is 23.4 Å². The van der Waals surface area contributed by atoms with Gasteiger partial charge in [-0.1, -0.05) is 43.8 Å². The molecule has 1 aliphatic carbocycles. The highest BCUT2D eigenvalue weighted by Gasteiger charge is 2.29. The van der Waals surface area contributed by atoms with Crippen LogP contribution in [0.1, 0.15) is 51.1 Å². The van der Waals surface area contributed by atoms with E-state index in [0.29, 0.717) is 17.1 Å². The number of carbonyl (C=O) groups excluding carboxylic acids is 1. The summed E-state index contributed by atoms with van der Waals surface area (Å²) >= 11 is 1.40. The Bertz CT molecular complexity index is 695. The lowest BCUT2D eigenvalue weighted by molar-refractivity contribution is -0.115. The molecule has 6 nitrogen and oxygen atoms in total. The summed E-state index contributed by atoms with van der Waals surface area (Å²) in [6.07, 6.45) is 2.22. The molecule has 2 aromatic rings. The van der Waals surface area contributed by atoms with Gasteiger partial charge >= 0.3 is 0 Å². The predicted molar refractivity (Wildman–Crippen MR) is 90.6 cm³/mol. The number of hydrogen-bond acceptors (Lipinski definition) is 5. The van der Waals surface area contributed by atoms with Crippen molar-refractivity contribution in [1.29, 1.82) is 0 Å². The predicted octanol–water partition coefficient (Wildman–Crippen LogP) is 3.25. The molecule has 1 amide bonds. The lowest BCUT2D eigenvalue weighted by atomic mass is 10.0. The first-order chi connectivity index (χ1) is 11.1. The fourth-order valence-corrected chi connectivity index (χ4v) is 3.23. The van der Waals surface area contributed by atoms with Crippen LogP contribution >= 0.6 is 11.8 Å². The zero-order valence-corrected chi connectivity index (χ0v) is 14.4. The number of hydrogen-bond donors (Lipinski definition) is 1. The lowest BCUT2D eigenvalue weighted by Gasteiger charge is -2.16. The maximum absolute atomic E-state index is 12.5. The average Bonchev–Trinajstić information content (AvgIpc) is 3.27. The molecule has 3 rings (SSSR count). The molecule has 1 saturated carbocycles. The standard InChI is InChI=1S/C16H21N5OS/c1-10(2)13-6-4-5-7-14(13)17-15(22)11(3)23-16-18-19-20-21(16)12-8-9-12/h4-7,10-12H,8-9H2,1-3H3,(H,17,22)/t11-/m0/s1. The summed E-state index contributed by atoms with van der Waals surface area (Å²) in [6, 6.07) is 8.33. The highest BCUT2D eigenvalue weighted by Crippen LogP contribution is 2.37. The molecular weight excluding hydrogens is 310 g/mol. The van der Waals surface area contributed by atoms with Gasteiger partial charge in [0.2, 0.25) is 11.1 Å². The summed E-state index contributed by atoms with van der Waals surface area (Å²) in [5.74, 6) is 0.324. The Hall–Kier alpha value is -1.89. The smallest absolute Gasteiger partial charge is 0.237 e. The summed E-state index contributed by atoms with van der Waals surface area (Å²) in [5.41, 5.74) is 2.02. The van der Waals surface area contributed by atoms with Crippen LogP contribution in [0.25, 0.3) is 0 Å². The Morgan fingerprint density at radius 1 is 1.30 bits per heavy atom. The van der Waals surface area contributed by atoms with E-state index in [1.807, 2.05) is 35.9 Å². The van der Waals surface area contributed by atoms with Crippen LogP contribution in [0.15, 0.2) is 29.4 Å². The van der Waals surface area contributed by atoms with E-state index in [9.17, 15) is 4.79 Å². The minimum absolute atomic E-state index is 0.0338. The van der Waals surface area contributed by atoms with Gasteiger partial charge in [-0.25, -0.2) is 4.68 Å². The van der Waals surface area contributed by atoms with Crippen molar-refractivity contribution in [2.24, 2.45) is 0 Å². The quantitative estimate of drug-likeness (QED) is 0.823. The van der Waals surface area contributed by atoms with Crippen molar-refractivity contribution in [3.63, 3.8) is 0 Å². The van der Waals surface area contributed by atoms with Gasteiger partial charge in [-0.15, -0.1) is 5.10 Å². The van der Waals surface area contributed by atoms with Gasteiger partial charge < -0.3 is 5.32 Å². The van der Waals surface area contributed by atoms with E-state index in [0.717, 1.165) is 24.1 Å². The molecule has 1 N–H and O–H groups in total. The number of tetrazole rings is 1. The van der Waals surface area contributed by atoms with Crippen molar-refractivity contribution in [2.75, 3.05) is 5.32 Å². The lowest BCUT2D eigenvalue weighted by Crippen LogP contribution is -2.23. The molecule has 0 bridgehead atoms. The summed E-state index contributed by atoms with van der Waals surface area (Å²) in [7, 11) is 0. The van der Waals surface area contributed by atoms with Gasteiger partial charge in [0.25, 0.3) is 0 Å². The summed E-state index contributed by atoms with van der Waals surface area (Å²) < 4.78 is 1.83. The number of benzene rings is 1. The van der Waals surface area contributed by atoms with Gasteiger partial charge in [0.15, 0.2) is 0 Å².